The molecule has 1 aliphatic rings. The van der Waals surface area contributed by atoms with Crippen LogP contribution in [0.15, 0.2) is 30.5 Å². The van der Waals surface area contributed by atoms with E-state index in [0.29, 0.717) is 19.6 Å². The molecule has 1 aromatic heterocycles. The highest BCUT2D eigenvalue weighted by molar-refractivity contribution is 5.88. The van der Waals surface area contributed by atoms with E-state index in [1.165, 1.54) is 10.9 Å². The minimum absolute atomic E-state index is 0.0194. The van der Waals surface area contributed by atoms with Crippen LogP contribution in [-0.2, 0) is 21.4 Å². The number of hydrogen-bond donors (Lipinski definition) is 0. The van der Waals surface area contributed by atoms with Gasteiger partial charge in [-0.15, -0.1) is 0 Å². The van der Waals surface area contributed by atoms with Gasteiger partial charge in [0.25, 0.3) is 0 Å². The summed E-state index contributed by atoms with van der Waals surface area (Å²) in [6, 6.07) is 8.19. The molecule has 2 heterocycles. The Kier molecular flexibility index (Phi) is 3.88. The molecule has 0 radical (unpaired) electrons. The van der Waals surface area contributed by atoms with Crippen molar-refractivity contribution < 1.29 is 14.3 Å². The first-order valence-corrected chi connectivity index (χ1v) is 7.57. The van der Waals surface area contributed by atoms with E-state index in [1.807, 2.05) is 19.2 Å². The molecule has 22 heavy (non-hydrogen) atoms. The predicted molar refractivity (Wildman–Crippen MR) is 83.5 cm³/mol. The average Bonchev–Trinajstić information content (AvgIpc) is 3.01. The highest BCUT2D eigenvalue weighted by atomic mass is 16.5. The molecule has 116 valence electrons. The zero-order chi connectivity index (χ0) is 15.7. The van der Waals surface area contributed by atoms with Crippen LogP contribution in [0.1, 0.15) is 24.8 Å². The van der Waals surface area contributed by atoms with Gasteiger partial charge in [0.2, 0.25) is 5.91 Å². The van der Waals surface area contributed by atoms with Crippen LogP contribution in [-0.4, -0.2) is 41.0 Å². The Bertz CT molecular complexity index is 720. The summed E-state index contributed by atoms with van der Waals surface area (Å²) in [6.45, 7) is 2.73. The van der Waals surface area contributed by atoms with Crippen LogP contribution >= 0.6 is 0 Å². The van der Waals surface area contributed by atoms with Crippen molar-refractivity contribution in [1.29, 1.82) is 0 Å². The first kappa shape index (κ1) is 14.6. The number of aromatic nitrogens is 1. The van der Waals surface area contributed by atoms with E-state index in [1.54, 1.807) is 11.8 Å². The number of fused-ring (bicyclic) bond motifs is 1. The van der Waals surface area contributed by atoms with Gasteiger partial charge in [-0.25, -0.2) is 0 Å². The third-order valence-electron chi connectivity index (χ3n) is 4.21. The van der Waals surface area contributed by atoms with Crippen molar-refractivity contribution in [2.45, 2.75) is 19.3 Å². The largest absolute Gasteiger partial charge is 0.465 e. The van der Waals surface area contributed by atoms with Gasteiger partial charge in [-0.3, -0.25) is 9.59 Å². The Morgan fingerprint density at radius 1 is 1.36 bits per heavy atom. The van der Waals surface area contributed by atoms with Crippen molar-refractivity contribution in [1.82, 2.24) is 9.47 Å². The van der Waals surface area contributed by atoms with E-state index in [4.69, 9.17) is 4.74 Å². The maximum atomic E-state index is 12.2. The summed E-state index contributed by atoms with van der Waals surface area (Å²) >= 11 is 0. The molecule has 1 aliphatic heterocycles. The van der Waals surface area contributed by atoms with Crippen molar-refractivity contribution >= 4 is 22.8 Å². The number of para-hydroxylation sites is 1. The lowest BCUT2D eigenvalue weighted by molar-refractivity contribution is -0.147. The number of aryl methyl sites for hydroxylation is 1. The Morgan fingerprint density at radius 3 is 2.91 bits per heavy atom. The van der Waals surface area contributed by atoms with E-state index in [2.05, 4.69) is 22.9 Å². The maximum absolute atomic E-state index is 12.2. The van der Waals surface area contributed by atoms with Gasteiger partial charge in [0.1, 0.15) is 6.54 Å². The van der Waals surface area contributed by atoms with E-state index < -0.39 is 0 Å². The highest BCUT2D eigenvalue weighted by Gasteiger charge is 2.33. The third kappa shape index (κ3) is 2.58. The Hall–Kier alpha value is -2.30. The molecule has 0 N–H and O–H groups in total. The zero-order valence-corrected chi connectivity index (χ0v) is 12.9. The summed E-state index contributed by atoms with van der Waals surface area (Å²) in [5.74, 6) is -0.187. The second-order valence-electron chi connectivity index (χ2n) is 5.69. The van der Waals surface area contributed by atoms with Gasteiger partial charge in [0.05, 0.1) is 6.61 Å². The topological polar surface area (TPSA) is 51.5 Å². The molecule has 1 fully saturated rings. The van der Waals surface area contributed by atoms with Crippen LogP contribution in [0.3, 0.4) is 0 Å². The van der Waals surface area contributed by atoms with Gasteiger partial charge in [-0.1, -0.05) is 18.2 Å². The van der Waals surface area contributed by atoms with Gasteiger partial charge in [0, 0.05) is 43.0 Å². The standard InChI is InChI=1S/C17H20N2O3/c1-3-22-17(21)11-19-9-12(8-16(19)20)14-10-18(2)15-7-5-4-6-13(14)15/h4-7,10,12H,3,8-9,11H2,1-2H3. The first-order chi connectivity index (χ1) is 10.6. The van der Waals surface area contributed by atoms with E-state index in [-0.39, 0.29) is 24.3 Å². The molecule has 1 atom stereocenters. The number of esters is 1. The number of amides is 1. The summed E-state index contributed by atoms with van der Waals surface area (Å²) < 4.78 is 7.02. The Balaban J connectivity index is 1.81. The number of benzene rings is 1. The molecule has 1 saturated heterocycles. The molecule has 5 heteroatoms. The van der Waals surface area contributed by atoms with Crippen molar-refractivity contribution in [3.63, 3.8) is 0 Å². The number of ether oxygens (including phenoxy) is 1. The molecule has 0 bridgehead atoms. The molecule has 0 spiro atoms. The molecular formula is C17H20N2O3. The van der Waals surface area contributed by atoms with Crippen LogP contribution in [0.2, 0.25) is 0 Å². The van der Waals surface area contributed by atoms with Crippen LogP contribution < -0.4 is 0 Å². The second kappa shape index (κ2) is 5.83. The fourth-order valence-electron chi connectivity index (χ4n) is 3.19. The lowest BCUT2D eigenvalue weighted by Gasteiger charge is -2.15. The summed E-state index contributed by atoms with van der Waals surface area (Å²) in [5, 5.41) is 1.18. The Labute approximate surface area is 129 Å². The van der Waals surface area contributed by atoms with Gasteiger partial charge in [-0.2, -0.15) is 0 Å². The molecule has 3 rings (SSSR count). The number of carbonyl (C=O) groups is 2. The lowest BCUT2D eigenvalue weighted by Crippen LogP contribution is -2.32. The summed E-state index contributed by atoms with van der Waals surface area (Å²) in [7, 11) is 2.01. The number of rotatable bonds is 4. The highest BCUT2D eigenvalue weighted by Crippen LogP contribution is 2.33. The summed E-state index contributed by atoms with van der Waals surface area (Å²) in [5.41, 5.74) is 2.34. The molecule has 5 nitrogen and oxygen atoms in total. The fourth-order valence-corrected chi connectivity index (χ4v) is 3.19. The SMILES string of the molecule is CCOC(=O)CN1CC(c2cn(C)c3ccccc23)CC1=O. The molecular weight excluding hydrogens is 280 g/mol. The monoisotopic (exact) mass is 300 g/mol. The van der Waals surface area contributed by atoms with E-state index in [9.17, 15) is 9.59 Å². The fraction of sp³-hybridized carbons (Fsp3) is 0.412. The maximum Gasteiger partial charge on any atom is 0.325 e. The Morgan fingerprint density at radius 2 is 2.14 bits per heavy atom. The minimum atomic E-state index is -0.339. The second-order valence-corrected chi connectivity index (χ2v) is 5.69. The van der Waals surface area contributed by atoms with Crippen molar-refractivity contribution in [2.24, 2.45) is 7.05 Å². The molecule has 1 unspecified atom stereocenters. The first-order valence-electron chi connectivity index (χ1n) is 7.57. The number of carbonyl (C=O) groups excluding carboxylic acids is 2. The van der Waals surface area contributed by atoms with Crippen LogP contribution in [0, 0.1) is 0 Å². The lowest BCUT2D eigenvalue weighted by atomic mass is 9.98. The van der Waals surface area contributed by atoms with Crippen molar-refractivity contribution in [2.75, 3.05) is 19.7 Å². The van der Waals surface area contributed by atoms with E-state index >= 15 is 0 Å². The predicted octanol–water partition coefficient (Wildman–Crippen LogP) is 2.06. The van der Waals surface area contributed by atoms with Crippen LogP contribution in [0.4, 0.5) is 0 Å². The van der Waals surface area contributed by atoms with Gasteiger partial charge in [-0.05, 0) is 18.6 Å². The van der Waals surface area contributed by atoms with Crippen LogP contribution in [0.25, 0.3) is 10.9 Å². The molecule has 2 aromatic rings. The number of likely N-dealkylation sites (tertiary alicyclic amines) is 1. The molecule has 1 aromatic carbocycles. The average molecular weight is 300 g/mol. The molecule has 0 saturated carbocycles. The molecule has 0 aliphatic carbocycles. The summed E-state index contributed by atoms with van der Waals surface area (Å²) in [4.78, 5) is 25.3. The number of nitrogens with zero attached hydrogens (tertiary/aromatic N) is 2. The third-order valence-corrected chi connectivity index (χ3v) is 4.21. The smallest absolute Gasteiger partial charge is 0.325 e. The van der Waals surface area contributed by atoms with Gasteiger partial charge >= 0.3 is 5.97 Å². The molecule has 1 amide bonds. The number of hydrogen-bond acceptors (Lipinski definition) is 3. The minimum Gasteiger partial charge on any atom is -0.465 e. The van der Waals surface area contributed by atoms with Gasteiger partial charge in [0.15, 0.2) is 0 Å². The van der Waals surface area contributed by atoms with Crippen molar-refractivity contribution in [3.05, 3.63) is 36.0 Å². The van der Waals surface area contributed by atoms with Crippen LogP contribution in [0.5, 0.6) is 0 Å². The zero-order valence-electron chi connectivity index (χ0n) is 12.9. The van der Waals surface area contributed by atoms with E-state index in [0.717, 1.165) is 5.52 Å². The van der Waals surface area contributed by atoms with Crippen molar-refractivity contribution in [3.8, 4) is 0 Å². The quantitative estimate of drug-likeness (QED) is 0.812. The summed E-state index contributed by atoms with van der Waals surface area (Å²) in [6.07, 6.45) is 2.55. The normalized spacial score (nSPS) is 18.2. The van der Waals surface area contributed by atoms with Gasteiger partial charge < -0.3 is 14.2 Å².